The molecule has 2 unspecified atom stereocenters. The van der Waals surface area contributed by atoms with Crippen LogP contribution in [0.5, 0.6) is 0 Å². The minimum Gasteiger partial charge on any atom is -0.303 e. The van der Waals surface area contributed by atoms with Crippen LogP contribution >= 0.6 is 27.3 Å². The molecule has 0 amide bonds. The van der Waals surface area contributed by atoms with E-state index in [1.165, 1.54) is 20.5 Å². The molecule has 0 bridgehead atoms. The van der Waals surface area contributed by atoms with Crippen LogP contribution in [0.1, 0.15) is 36.4 Å². The second kappa shape index (κ2) is 6.30. The topological polar surface area (TPSA) is 12.0 Å². The summed E-state index contributed by atoms with van der Waals surface area (Å²) in [4.78, 5) is 1.39. The first kappa shape index (κ1) is 14.8. The van der Waals surface area contributed by atoms with Gasteiger partial charge in [0.1, 0.15) is 0 Å². The maximum absolute atomic E-state index is 3.69. The molecule has 2 atom stereocenters. The van der Waals surface area contributed by atoms with E-state index >= 15 is 0 Å². The third-order valence-electron chi connectivity index (χ3n) is 3.74. The maximum Gasteiger partial charge on any atom is 0.0391 e. The monoisotopic (exact) mass is 359 g/mol. The highest BCUT2D eigenvalue weighted by atomic mass is 79.9. The Morgan fingerprint density at radius 1 is 0.952 bits per heavy atom. The molecule has 108 valence electrons. The van der Waals surface area contributed by atoms with Gasteiger partial charge in [0.25, 0.3) is 0 Å². The van der Waals surface area contributed by atoms with Crippen LogP contribution in [0.4, 0.5) is 0 Å². The first-order valence-corrected chi connectivity index (χ1v) is 8.74. The maximum atomic E-state index is 3.69. The quantitative estimate of drug-likeness (QED) is 0.595. The smallest absolute Gasteiger partial charge is 0.0391 e. The van der Waals surface area contributed by atoms with E-state index in [-0.39, 0.29) is 0 Å². The summed E-state index contributed by atoms with van der Waals surface area (Å²) in [5, 5.41) is 5.02. The summed E-state index contributed by atoms with van der Waals surface area (Å²) < 4.78 is 2.48. The molecular weight excluding hydrogens is 342 g/mol. The fourth-order valence-corrected chi connectivity index (χ4v) is 3.86. The number of thiophene rings is 1. The Kier molecular flexibility index (Phi) is 4.43. The van der Waals surface area contributed by atoms with Crippen molar-refractivity contribution < 1.29 is 0 Å². The van der Waals surface area contributed by atoms with Crippen molar-refractivity contribution in [1.82, 2.24) is 5.32 Å². The Hall–Kier alpha value is -1.16. The van der Waals surface area contributed by atoms with Gasteiger partial charge in [0.05, 0.1) is 0 Å². The predicted molar refractivity (Wildman–Crippen MR) is 95.9 cm³/mol. The molecular formula is C18H18BrNS. The predicted octanol–water partition coefficient (Wildman–Crippen LogP) is 6.08. The van der Waals surface area contributed by atoms with Crippen LogP contribution < -0.4 is 5.32 Å². The largest absolute Gasteiger partial charge is 0.303 e. The van der Waals surface area contributed by atoms with Crippen molar-refractivity contribution in [3.05, 3.63) is 69.5 Å². The molecule has 3 aromatic rings. The van der Waals surface area contributed by atoms with E-state index in [2.05, 4.69) is 89.7 Å². The third-order valence-corrected chi connectivity index (χ3v) is 5.57. The second-order valence-electron chi connectivity index (χ2n) is 5.35. The molecule has 0 aliphatic rings. The summed E-state index contributed by atoms with van der Waals surface area (Å²) in [5.74, 6) is 0. The molecule has 0 aliphatic carbocycles. The van der Waals surface area contributed by atoms with Gasteiger partial charge in [0.2, 0.25) is 0 Å². The fourth-order valence-electron chi connectivity index (χ4n) is 2.52. The highest BCUT2D eigenvalue weighted by Crippen LogP contribution is 2.31. The highest BCUT2D eigenvalue weighted by Gasteiger charge is 2.13. The van der Waals surface area contributed by atoms with Gasteiger partial charge in [-0.05, 0) is 49.1 Å². The zero-order valence-electron chi connectivity index (χ0n) is 12.1. The normalized spacial score (nSPS) is 14.2. The van der Waals surface area contributed by atoms with Crippen LogP contribution in [0.15, 0.2) is 59.1 Å². The molecule has 2 aromatic carbocycles. The lowest BCUT2D eigenvalue weighted by atomic mass is 10.1. The minimum atomic E-state index is 0.332. The average Bonchev–Trinajstić information content (AvgIpc) is 2.92. The Bertz CT molecular complexity index is 699. The summed E-state index contributed by atoms with van der Waals surface area (Å²) in [6, 6.07) is 20.1. The van der Waals surface area contributed by atoms with Crippen molar-refractivity contribution in [3.8, 4) is 0 Å². The first-order chi connectivity index (χ1) is 10.1. The zero-order chi connectivity index (χ0) is 14.8. The lowest BCUT2D eigenvalue weighted by molar-refractivity contribution is 0.500. The molecule has 3 heteroatoms. The molecule has 0 fully saturated rings. The van der Waals surface area contributed by atoms with Gasteiger partial charge in [0, 0.05) is 26.1 Å². The van der Waals surface area contributed by atoms with Crippen LogP contribution in [0.2, 0.25) is 0 Å². The van der Waals surface area contributed by atoms with E-state index < -0.39 is 0 Å². The lowest BCUT2D eigenvalue weighted by Gasteiger charge is -2.19. The van der Waals surface area contributed by atoms with Crippen LogP contribution in [0.3, 0.4) is 0 Å². The molecule has 0 spiro atoms. The SMILES string of the molecule is CC(NC(C)c1cc2ccccc2s1)c1ccc(Br)cc1. The number of nitrogens with one attached hydrogen (secondary N) is 1. The van der Waals surface area contributed by atoms with Gasteiger partial charge in [-0.25, -0.2) is 0 Å². The van der Waals surface area contributed by atoms with E-state index in [1.807, 2.05) is 11.3 Å². The molecule has 0 aliphatic heterocycles. The molecule has 0 radical (unpaired) electrons. The molecule has 1 heterocycles. The molecule has 3 rings (SSSR count). The molecule has 0 saturated heterocycles. The van der Waals surface area contributed by atoms with E-state index in [4.69, 9.17) is 0 Å². The van der Waals surface area contributed by atoms with Gasteiger partial charge >= 0.3 is 0 Å². The summed E-state index contributed by atoms with van der Waals surface area (Å²) in [7, 11) is 0. The molecule has 1 nitrogen and oxygen atoms in total. The lowest BCUT2D eigenvalue weighted by Crippen LogP contribution is -2.21. The minimum absolute atomic E-state index is 0.332. The van der Waals surface area contributed by atoms with Crippen molar-refractivity contribution in [2.45, 2.75) is 25.9 Å². The standard InChI is InChI=1S/C18H18BrNS/c1-12(14-7-9-16(19)10-8-14)20-13(2)18-11-15-5-3-4-6-17(15)21-18/h3-13,20H,1-2H3. The summed E-state index contributed by atoms with van der Waals surface area (Å²) in [5.41, 5.74) is 1.31. The molecule has 21 heavy (non-hydrogen) atoms. The van der Waals surface area contributed by atoms with Crippen molar-refractivity contribution in [1.29, 1.82) is 0 Å². The number of hydrogen-bond acceptors (Lipinski definition) is 2. The molecule has 1 N–H and O–H groups in total. The summed E-state index contributed by atoms with van der Waals surface area (Å²) in [6.07, 6.45) is 0. The van der Waals surface area contributed by atoms with E-state index in [0.717, 1.165) is 4.47 Å². The number of rotatable bonds is 4. The number of benzene rings is 2. The van der Waals surface area contributed by atoms with Crippen molar-refractivity contribution in [2.24, 2.45) is 0 Å². The first-order valence-electron chi connectivity index (χ1n) is 7.13. The van der Waals surface area contributed by atoms with Crippen molar-refractivity contribution >= 4 is 37.4 Å². The Balaban J connectivity index is 1.75. The Morgan fingerprint density at radius 3 is 2.38 bits per heavy atom. The molecule has 0 saturated carbocycles. The van der Waals surface area contributed by atoms with E-state index in [0.29, 0.717) is 12.1 Å². The van der Waals surface area contributed by atoms with Gasteiger partial charge < -0.3 is 5.32 Å². The van der Waals surface area contributed by atoms with Crippen LogP contribution in [-0.2, 0) is 0 Å². The Morgan fingerprint density at radius 2 is 1.67 bits per heavy atom. The van der Waals surface area contributed by atoms with Gasteiger partial charge in [-0.15, -0.1) is 11.3 Å². The van der Waals surface area contributed by atoms with Crippen LogP contribution in [-0.4, -0.2) is 0 Å². The van der Waals surface area contributed by atoms with Crippen LogP contribution in [0, 0.1) is 0 Å². The summed E-state index contributed by atoms with van der Waals surface area (Å²) in [6.45, 7) is 4.45. The highest BCUT2D eigenvalue weighted by molar-refractivity contribution is 9.10. The number of hydrogen-bond donors (Lipinski definition) is 1. The van der Waals surface area contributed by atoms with E-state index in [9.17, 15) is 0 Å². The van der Waals surface area contributed by atoms with Crippen molar-refractivity contribution in [3.63, 3.8) is 0 Å². The van der Waals surface area contributed by atoms with E-state index in [1.54, 1.807) is 0 Å². The van der Waals surface area contributed by atoms with Crippen LogP contribution in [0.25, 0.3) is 10.1 Å². The van der Waals surface area contributed by atoms with Gasteiger partial charge in [0.15, 0.2) is 0 Å². The molecule has 1 aromatic heterocycles. The summed E-state index contributed by atoms with van der Waals surface area (Å²) >= 11 is 5.36. The fraction of sp³-hybridized carbons (Fsp3) is 0.222. The second-order valence-corrected chi connectivity index (χ2v) is 7.38. The third kappa shape index (κ3) is 3.37. The number of halogens is 1. The van der Waals surface area contributed by atoms with Gasteiger partial charge in [-0.3, -0.25) is 0 Å². The number of fused-ring (bicyclic) bond motifs is 1. The van der Waals surface area contributed by atoms with Crippen molar-refractivity contribution in [2.75, 3.05) is 0 Å². The Labute approximate surface area is 138 Å². The average molecular weight is 360 g/mol. The van der Waals surface area contributed by atoms with Gasteiger partial charge in [-0.1, -0.05) is 46.3 Å². The zero-order valence-corrected chi connectivity index (χ0v) is 14.5. The van der Waals surface area contributed by atoms with Gasteiger partial charge in [-0.2, -0.15) is 0 Å².